The fraction of sp³-hybridized carbons (Fsp3) is 0.778. The maximum atomic E-state index is 10.7. The van der Waals surface area contributed by atoms with Crippen molar-refractivity contribution in [3.05, 3.63) is 0 Å². The Morgan fingerprint density at radius 3 is 2.57 bits per heavy atom. The number of nitrogens with zero attached hydrogens (tertiary/aromatic N) is 1. The van der Waals surface area contributed by atoms with Crippen LogP contribution in [-0.4, -0.2) is 29.1 Å². The summed E-state index contributed by atoms with van der Waals surface area (Å²) >= 11 is 0. The Bertz CT molecular complexity index is 224. The van der Waals surface area contributed by atoms with Crippen LogP contribution in [0.3, 0.4) is 0 Å². The highest BCUT2D eigenvalue weighted by atomic mass is 16.4. The summed E-state index contributed by atoms with van der Waals surface area (Å²) in [5, 5.41) is 11.4. The van der Waals surface area contributed by atoms with Gasteiger partial charge in [0.25, 0.3) is 0 Å². The second kappa shape index (κ2) is 5.47. The average Bonchev–Trinajstić information content (AvgIpc) is 2.03. The van der Waals surface area contributed by atoms with Crippen LogP contribution in [-0.2, 0) is 4.79 Å². The number of rotatable bonds is 5. The smallest absolute Gasteiger partial charge is 0.328 e. The van der Waals surface area contributed by atoms with Crippen LogP contribution in [0, 0.1) is 0 Å². The van der Waals surface area contributed by atoms with E-state index in [0.717, 1.165) is 12.8 Å². The van der Waals surface area contributed by atoms with E-state index in [4.69, 9.17) is 10.8 Å². The first kappa shape index (κ1) is 12.7. The van der Waals surface area contributed by atoms with E-state index in [0.29, 0.717) is 6.54 Å². The van der Waals surface area contributed by atoms with E-state index >= 15 is 0 Å². The molecule has 0 radical (unpaired) electrons. The molecule has 0 aromatic heterocycles. The molecule has 0 aliphatic rings. The number of guanidine groups is 1. The molecule has 0 aliphatic heterocycles. The second-order valence-corrected chi connectivity index (χ2v) is 3.68. The Balaban J connectivity index is 4.10. The molecule has 5 heteroatoms. The normalized spacial score (nSPS) is 12.6. The highest BCUT2D eigenvalue weighted by Crippen LogP contribution is 2.00. The quantitative estimate of drug-likeness (QED) is 0.344. The van der Waals surface area contributed by atoms with Crippen LogP contribution in [0.15, 0.2) is 4.99 Å². The van der Waals surface area contributed by atoms with Gasteiger partial charge in [-0.15, -0.1) is 0 Å². The van der Waals surface area contributed by atoms with Gasteiger partial charge < -0.3 is 16.2 Å². The van der Waals surface area contributed by atoms with Gasteiger partial charge in [-0.1, -0.05) is 13.3 Å². The van der Waals surface area contributed by atoms with Gasteiger partial charge in [0.1, 0.15) is 5.54 Å². The van der Waals surface area contributed by atoms with Crippen molar-refractivity contribution in [2.75, 3.05) is 6.54 Å². The molecule has 0 bridgehead atoms. The number of unbranched alkanes of at least 4 members (excludes halogenated alkanes) is 1. The third-order valence-electron chi connectivity index (χ3n) is 1.77. The van der Waals surface area contributed by atoms with E-state index in [1.807, 2.05) is 0 Å². The molecule has 82 valence electrons. The minimum absolute atomic E-state index is 0.186. The maximum absolute atomic E-state index is 10.7. The standard InChI is InChI=1S/C9H19N3O2/c1-4-5-6-11-8(10)12-9(2,3)7(13)14/h4-6H2,1-3H3,(H,13,14)(H3,10,11,12). The van der Waals surface area contributed by atoms with Crippen LogP contribution in [0.2, 0.25) is 0 Å². The summed E-state index contributed by atoms with van der Waals surface area (Å²) in [6.07, 6.45) is 2.00. The highest BCUT2D eigenvalue weighted by Gasteiger charge is 2.27. The van der Waals surface area contributed by atoms with Crippen molar-refractivity contribution in [2.24, 2.45) is 10.7 Å². The molecule has 0 unspecified atom stereocenters. The summed E-state index contributed by atoms with van der Waals surface area (Å²) in [4.78, 5) is 14.7. The Morgan fingerprint density at radius 2 is 2.14 bits per heavy atom. The molecule has 14 heavy (non-hydrogen) atoms. The SMILES string of the molecule is CCCCN=C(N)NC(C)(C)C(=O)O. The number of carboxylic acid groups (broad SMARTS) is 1. The minimum Gasteiger partial charge on any atom is -0.480 e. The molecule has 0 aromatic rings. The van der Waals surface area contributed by atoms with E-state index in [2.05, 4.69) is 17.2 Å². The first-order valence-electron chi connectivity index (χ1n) is 4.71. The van der Waals surface area contributed by atoms with Crippen molar-refractivity contribution in [1.82, 2.24) is 5.32 Å². The number of aliphatic carboxylic acids is 1. The van der Waals surface area contributed by atoms with Gasteiger partial charge in [0.2, 0.25) is 0 Å². The Morgan fingerprint density at radius 1 is 1.57 bits per heavy atom. The fourth-order valence-electron chi connectivity index (χ4n) is 0.771. The number of carbonyl (C=O) groups is 1. The molecule has 0 saturated carbocycles. The number of hydrogen-bond donors (Lipinski definition) is 3. The lowest BCUT2D eigenvalue weighted by molar-refractivity contribution is -0.142. The van der Waals surface area contributed by atoms with E-state index in [1.54, 1.807) is 0 Å². The highest BCUT2D eigenvalue weighted by molar-refractivity contribution is 5.87. The molecule has 5 nitrogen and oxygen atoms in total. The van der Waals surface area contributed by atoms with Crippen molar-refractivity contribution in [1.29, 1.82) is 0 Å². The fourth-order valence-corrected chi connectivity index (χ4v) is 0.771. The predicted octanol–water partition coefficient (Wildman–Crippen LogP) is 0.554. The van der Waals surface area contributed by atoms with Crippen LogP contribution < -0.4 is 11.1 Å². The largest absolute Gasteiger partial charge is 0.480 e. The van der Waals surface area contributed by atoms with E-state index in [-0.39, 0.29) is 5.96 Å². The Kier molecular flexibility index (Phi) is 4.97. The summed E-state index contributed by atoms with van der Waals surface area (Å²) in [6.45, 7) is 5.76. The number of nitrogens with two attached hydrogens (primary N) is 1. The molecule has 0 saturated heterocycles. The zero-order valence-electron chi connectivity index (χ0n) is 9.00. The van der Waals surface area contributed by atoms with E-state index in [1.165, 1.54) is 13.8 Å². The van der Waals surface area contributed by atoms with E-state index < -0.39 is 11.5 Å². The van der Waals surface area contributed by atoms with Crippen LogP contribution in [0.4, 0.5) is 0 Å². The molecule has 0 rings (SSSR count). The summed E-state index contributed by atoms with van der Waals surface area (Å²) in [5.74, 6) is -0.767. The van der Waals surface area contributed by atoms with E-state index in [9.17, 15) is 4.79 Å². The van der Waals surface area contributed by atoms with Crippen LogP contribution in [0.1, 0.15) is 33.6 Å². The van der Waals surface area contributed by atoms with Crippen molar-refractivity contribution >= 4 is 11.9 Å². The molecule has 0 atom stereocenters. The van der Waals surface area contributed by atoms with Gasteiger partial charge in [-0.05, 0) is 20.3 Å². The second-order valence-electron chi connectivity index (χ2n) is 3.68. The van der Waals surface area contributed by atoms with Gasteiger partial charge in [0, 0.05) is 6.54 Å². The number of aliphatic imine (C=N–C) groups is 1. The molecule has 4 N–H and O–H groups in total. The predicted molar refractivity (Wildman–Crippen MR) is 56.2 cm³/mol. The van der Waals surface area contributed by atoms with Gasteiger partial charge >= 0.3 is 5.97 Å². The Labute approximate surface area is 84.4 Å². The first-order valence-corrected chi connectivity index (χ1v) is 4.71. The van der Waals surface area contributed by atoms with Crippen molar-refractivity contribution in [3.63, 3.8) is 0 Å². The average molecular weight is 201 g/mol. The third kappa shape index (κ3) is 4.69. The van der Waals surface area contributed by atoms with Crippen LogP contribution in [0.25, 0.3) is 0 Å². The molecular weight excluding hydrogens is 182 g/mol. The molecule has 0 fully saturated rings. The Hall–Kier alpha value is -1.26. The zero-order chi connectivity index (χ0) is 11.2. The number of nitrogens with one attached hydrogen (secondary N) is 1. The summed E-state index contributed by atoms with van der Waals surface area (Å²) in [6, 6.07) is 0. The molecule has 0 heterocycles. The number of hydrogen-bond acceptors (Lipinski definition) is 2. The van der Waals surface area contributed by atoms with Crippen molar-refractivity contribution in [3.8, 4) is 0 Å². The topological polar surface area (TPSA) is 87.7 Å². The molecule has 0 aliphatic carbocycles. The molecule has 0 amide bonds. The lowest BCUT2D eigenvalue weighted by atomic mass is 10.1. The zero-order valence-corrected chi connectivity index (χ0v) is 9.00. The van der Waals surface area contributed by atoms with Gasteiger partial charge in [-0.2, -0.15) is 0 Å². The summed E-state index contributed by atoms with van der Waals surface area (Å²) in [5.41, 5.74) is 4.44. The molecular formula is C9H19N3O2. The third-order valence-corrected chi connectivity index (χ3v) is 1.77. The van der Waals surface area contributed by atoms with Crippen LogP contribution >= 0.6 is 0 Å². The van der Waals surface area contributed by atoms with Crippen LogP contribution in [0.5, 0.6) is 0 Å². The van der Waals surface area contributed by atoms with Gasteiger partial charge in [-0.3, -0.25) is 4.99 Å². The lowest BCUT2D eigenvalue weighted by Crippen LogP contribution is -2.52. The minimum atomic E-state index is -1.07. The lowest BCUT2D eigenvalue weighted by Gasteiger charge is -2.21. The molecule has 0 aromatic carbocycles. The van der Waals surface area contributed by atoms with Gasteiger partial charge in [0.15, 0.2) is 5.96 Å². The summed E-state index contributed by atoms with van der Waals surface area (Å²) in [7, 11) is 0. The monoisotopic (exact) mass is 201 g/mol. The van der Waals surface area contributed by atoms with Gasteiger partial charge in [0.05, 0.1) is 0 Å². The molecule has 0 spiro atoms. The first-order chi connectivity index (χ1) is 6.40. The number of carboxylic acids is 1. The van der Waals surface area contributed by atoms with Crippen molar-refractivity contribution < 1.29 is 9.90 Å². The van der Waals surface area contributed by atoms with Gasteiger partial charge in [-0.25, -0.2) is 4.79 Å². The summed E-state index contributed by atoms with van der Waals surface area (Å²) < 4.78 is 0. The maximum Gasteiger partial charge on any atom is 0.328 e. The van der Waals surface area contributed by atoms with Crippen molar-refractivity contribution in [2.45, 2.75) is 39.2 Å².